The van der Waals surface area contributed by atoms with Gasteiger partial charge in [-0.25, -0.2) is 13.4 Å². The van der Waals surface area contributed by atoms with Gasteiger partial charge in [0, 0.05) is 42.1 Å². The van der Waals surface area contributed by atoms with Crippen molar-refractivity contribution >= 4 is 38.7 Å². The predicted molar refractivity (Wildman–Crippen MR) is 138 cm³/mol. The summed E-state index contributed by atoms with van der Waals surface area (Å²) in [5.74, 6) is 0.347. The van der Waals surface area contributed by atoms with Crippen LogP contribution in [0.15, 0.2) is 84.5 Å². The van der Waals surface area contributed by atoms with Crippen molar-refractivity contribution in [1.82, 2.24) is 14.9 Å². The van der Waals surface area contributed by atoms with E-state index in [-0.39, 0.29) is 5.91 Å². The molecule has 1 saturated heterocycles. The third kappa shape index (κ3) is 5.27. The number of aromatic amines is 1. The SMILES string of the molecule is O=C(c1ccc(NS(=O)(=O)/C=C/c2ccccc2)cc1)N1CCC(c2c[nH]c3ncccc23)CC1. The number of likely N-dealkylation sites (tertiary alicyclic amines) is 1. The van der Waals surface area contributed by atoms with Gasteiger partial charge in [0.1, 0.15) is 5.65 Å². The van der Waals surface area contributed by atoms with E-state index in [9.17, 15) is 13.2 Å². The van der Waals surface area contributed by atoms with E-state index in [0.717, 1.165) is 34.8 Å². The van der Waals surface area contributed by atoms with Gasteiger partial charge in [0.25, 0.3) is 15.9 Å². The lowest BCUT2D eigenvalue weighted by molar-refractivity contribution is 0.0713. The van der Waals surface area contributed by atoms with Crippen molar-refractivity contribution in [3.63, 3.8) is 0 Å². The number of piperidine rings is 1. The van der Waals surface area contributed by atoms with Crippen molar-refractivity contribution < 1.29 is 13.2 Å². The molecule has 2 aromatic carbocycles. The number of hydrogen-bond acceptors (Lipinski definition) is 4. The molecule has 0 aliphatic carbocycles. The van der Waals surface area contributed by atoms with E-state index < -0.39 is 10.0 Å². The molecule has 35 heavy (non-hydrogen) atoms. The Morgan fingerprint density at radius 2 is 1.74 bits per heavy atom. The van der Waals surface area contributed by atoms with E-state index in [1.54, 1.807) is 30.5 Å². The number of sulfonamides is 1. The van der Waals surface area contributed by atoms with Crippen LogP contribution in [-0.2, 0) is 10.0 Å². The van der Waals surface area contributed by atoms with Gasteiger partial charge < -0.3 is 9.88 Å². The average Bonchev–Trinajstić information content (AvgIpc) is 3.32. The van der Waals surface area contributed by atoms with Crippen LogP contribution in [0.25, 0.3) is 17.1 Å². The standard InChI is InChI=1S/C27H26N4O3S/c32-27(31-16-12-21(13-17-31)25-19-29-26-24(25)7-4-15-28-26)22-8-10-23(11-9-22)30-35(33,34)18-14-20-5-2-1-3-6-20/h1-11,14-15,18-19,21,30H,12-13,16-17H2,(H,28,29)/b18-14+. The first-order valence-corrected chi connectivity index (χ1v) is 13.1. The number of H-pyrrole nitrogens is 1. The molecule has 7 nitrogen and oxygen atoms in total. The van der Waals surface area contributed by atoms with Crippen molar-refractivity contribution in [1.29, 1.82) is 0 Å². The predicted octanol–water partition coefficient (Wildman–Crippen LogP) is 5.00. The summed E-state index contributed by atoms with van der Waals surface area (Å²) in [6.07, 6.45) is 7.13. The Balaban J connectivity index is 1.19. The van der Waals surface area contributed by atoms with Crippen LogP contribution in [0.4, 0.5) is 5.69 Å². The molecule has 1 aliphatic heterocycles. The normalized spacial score (nSPS) is 15.0. The molecule has 0 radical (unpaired) electrons. The fraction of sp³-hybridized carbons (Fsp3) is 0.185. The number of amides is 1. The molecule has 1 aliphatic rings. The Bertz CT molecular complexity index is 1450. The van der Waals surface area contributed by atoms with Crippen LogP contribution < -0.4 is 4.72 Å². The minimum atomic E-state index is -3.66. The topological polar surface area (TPSA) is 95.2 Å². The minimum absolute atomic E-state index is 0.0394. The zero-order valence-electron chi connectivity index (χ0n) is 19.1. The second kappa shape index (κ2) is 9.76. The first kappa shape index (κ1) is 22.9. The zero-order chi connectivity index (χ0) is 24.3. The Labute approximate surface area is 204 Å². The average molecular weight is 487 g/mol. The van der Waals surface area contributed by atoms with Crippen LogP contribution in [0.1, 0.15) is 40.2 Å². The van der Waals surface area contributed by atoms with Gasteiger partial charge in [0.15, 0.2) is 0 Å². The second-order valence-electron chi connectivity index (χ2n) is 8.65. The largest absolute Gasteiger partial charge is 0.346 e. The number of pyridine rings is 1. The van der Waals surface area contributed by atoms with E-state index in [1.165, 1.54) is 11.6 Å². The van der Waals surface area contributed by atoms with Gasteiger partial charge in [-0.15, -0.1) is 0 Å². The highest BCUT2D eigenvalue weighted by atomic mass is 32.2. The summed E-state index contributed by atoms with van der Waals surface area (Å²) in [7, 11) is -3.66. The molecule has 178 valence electrons. The van der Waals surface area contributed by atoms with Crippen molar-refractivity contribution in [3.05, 3.63) is 101 Å². The van der Waals surface area contributed by atoms with Crippen LogP contribution >= 0.6 is 0 Å². The Hall–Kier alpha value is -3.91. The third-order valence-corrected chi connectivity index (χ3v) is 7.35. The lowest BCUT2D eigenvalue weighted by atomic mass is 9.89. The summed E-state index contributed by atoms with van der Waals surface area (Å²) < 4.78 is 27.3. The lowest BCUT2D eigenvalue weighted by Crippen LogP contribution is -2.37. The molecule has 3 heterocycles. The Morgan fingerprint density at radius 3 is 2.49 bits per heavy atom. The van der Waals surface area contributed by atoms with Gasteiger partial charge in [-0.2, -0.15) is 0 Å². The molecule has 1 amide bonds. The van der Waals surface area contributed by atoms with Crippen LogP contribution in [0.3, 0.4) is 0 Å². The van der Waals surface area contributed by atoms with E-state index in [4.69, 9.17) is 0 Å². The van der Waals surface area contributed by atoms with Crippen LogP contribution in [0, 0.1) is 0 Å². The number of hydrogen-bond donors (Lipinski definition) is 2. The fourth-order valence-corrected chi connectivity index (χ4v) is 5.37. The number of aromatic nitrogens is 2. The quantitative estimate of drug-likeness (QED) is 0.401. The molecule has 1 fully saturated rings. The smallest absolute Gasteiger partial charge is 0.255 e. The highest BCUT2D eigenvalue weighted by molar-refractivity contribution is 7.95. The third-order valence-electron chi connectivity index (χ3n) is 6.34. The Kier molecular flexibility index (Phi) is 6.37. The monoisotopic (exact) mass is 486 g/mol. The second-order valence-corrected chi connectivity index (χ2v) is 10.2. The number of fused-ring (bicyclic) bond motifs is 1. The summed E-state index contributed by atoms with van der Waals surface area (Å²) in [4.78, 5) is 22.5. The minimum Gasteiger partial charge on any atom is -0.346 e. The maximum atomic E-state index is 13.0. The van der Waals surface area contributed by atoms with E-state index in [0.29, 0.717) is 30.3 Å². The first-order valence-electron chi connectivity index (χ1n) is 11.6. The highest BCUT2D eigenvalue weighted by Crippen LogP contribution is 2.33. The van der Waals surface area contributed by atoms with Gasteiger partial charge in [-0.1, -0.05) is 30.3 Å². The molecule has 8 heteroatoms. The molecule has 2 N–H and O–H groups in total. The molecule has 0 spiro atoms. The molecule has 0 saturated carbocycles. The van der Waals surface area contributed by atoms with Crippen LogP contribution in [0.2, 0.25) is 0 Å². The van der Waals surface area contributed by atoms with E-state index in [2.05, 4.69) is 20.8 Å². The molecule has 0 unspecified atom stereocenters. The van der Waals surface area contributed by atoms with Gasteiger partial charge in [0.2, 0.25) is 0 Å². The maximum Gasteiger partial charge on any atom is 0.255 e. The first-order chi connectivity index (χ1) is 17.0. The van der Waals surface area contributed by atoms with Gasteiger partial charge >= 0.3 is 0 Å². The number of anilines is 1. The summed E-state index contributed by atoms with van der Waals surface area (Å²) in [6, 6.07) is 19.8. The van der Waals surface area contributed by atoms with Gasteiger partial charge in [0.05, 0.1) is 5.41 Å². The number of benzene rings is 2. The lowest BCUT2D eigenvalue weighted by Gasteiger charge is -2.32. The summed E-state index contributed by atoms with van der Waals surface area (Å²) in [5, 5.41) is 2.28. The number of carbonyl (C=O) groups excluding carboxylic acids is 1. The highest BCUT2D eigenvalue weighted by Gasteiger charge is 2.26. The van der Waals surface area contributed by atoms with Crippen molar-refractivity contribution in [2.24, 2.45) is 0 Å². The van der Waals surface area contributed by atoms with Gasteiger partial charge in [-0.3, -0.25) is 9.52 Å². The molecule has 0 atom stereocenters. The molecular formula is C27H26N4O3S. The molecule has 5 rings (SSSR count). The molecule has 0 bridgehead atoms. The number of carbonyl (C=O) groups is 1. The summed E-state index contributed by atoms with van der Waals surface area (Å²) >= 11 is 0. The van der Waals surface area contributed by atoms with Crippen LogP contribution in [0.5, 0.6) is 0 Å². The summed E-state index contributed by atoms with van der Waals surface area (Å²) in [5.41, 5.74) is 3.91. The zero-order valence-corrected chi connectivity index (χ0v) is 19.9. The number of rotatable bonds is 6. The van der Waals surface area contributed by atoms with Crippen molar-refractivity contribution in [2.45, 2.75) is 18.8 Å². The summed E-state index contributed by atoms with van der Waals surface area (Å²) in [6.45, 7) is 1.35. The van der Waals surface area contributed by atoms with E-state index >= 15 is 0 Å². The maximum absolute atomic E-state index is 13.0. The molecule has 4 aromatic rings. The van der Waals surface area contributed by atoms with Crippen LogP contribution in [-0.4, -0.2) is 42.3 Å². The van der Waals surface area contributed by atoms with E-state index in [1.807, 2.05) is 47.5 Å². The van der Waals surface area contributed by atoms with Gasteiger partial charge in [-0.05, 0) is 72.4 Å². The number of nitrogens with zero attached hydrogens (tertiary/aromatic N) is 2. The number of nitrogens with one attached hydrogen (secondary N) is 2. The molecular weight excluding hydrogens is 460 g/mol. The van der Waals surface area contributed by atoms with Crippen molar-refractivity contribution in [3.8, 4) is 0 Å². The van der Waals surface area contributed by atoms with Crippen molar-refractivity contribution in [2.75, 3.05) is 17.8 Å². The Morgan fingerprint density at radius 1 is 1.00 bits per heavy atom. The fourth-order valence-electron chi connectivity index (χ4n) is 4.50. The molecule has 2 aromatic heterocycles.